The van der Waals surface area contributed by atoms with Gasteiger partial charge in [-0.25, -0.2) is 13.8 Å². The zero-order valence-corrected chi connectivity index (χ0v) is 16.3. The largest absolute Gasteiger partial charge is 0.374 e. The van der Waals surface area contributed by atoms with Gasteiger partial charge in [0.05, 0.1) is 9.88 Å². The van der Waals surface area contributed by atoms with Crippen molar-refractivity contribution in [2.75, 3.05) is 18.5 Å². The summed E-state index contributed by atoms with van der Waals surface area (Å²) in [4.78, 5) is 7.07. The van der Waals surface area contributed by atoms with Crippen LogP contribution in [0.4, 0.5) is 14.5 Å². The maximum Gasteiger partial charge on any atom is 0.264 e. The normalized spacial score (nSPS) is 12.8. The molecule has 2 nitrogen and oxygen atoms in total. The van der Waals surface area contributed by atoms with Crippen molar-refractivity contribution in [3.8, 4) is 10.4 Å². The summed E-state index contributed by atoms with van der Waals surface area (Å²) < 4.78 is 26.8. The fraction of sp³-hybridized carbons (Fsp3) is 0.526. The molecule has 0 fully saturated rings. The molecule has 134 valence electrons. The molecule has 24 heavy (non-hydrogen) atoms. The average Bonchev–Trinajstić information content (AvgIpc) is 3.04. The van der Waals surface area contributed by atoms with Gasteiger partial charge in [0.1, 0.15) is 0 Å². The van der Waals surface area contributed by atoms with E-state index < -0.39 is 6.43 Å². The van der Waals surface area contributed by atoms with Crippen molar-refractivity contribution < 1.29 is 8.78 Å². The Morgan fingerprint density at radius 3 is 2.38 bits per heavy atom. The van der Waals surface area contributed by atoms with E-state index in [9.17, 15) is 8.78 Å². The molecule has 0 aliphatic carbocycles. The van der Waals surface area contributed by atoms with Gasteiger partial charge in [-0.1, -0.05) is 27.7 Å². The van der Waals surface area contributed by atoms with Gasteiger partial charge < -0.3 is 4.90 Å². The maximum absolute atomic E-state index is 13.4. The summed E-state index contributed by atoms with van der Waals surface area (Å²) in [6.45, 7) is 10.8. The minimum absolute atomic E-state index is 0.112. The summed E-state index contributed by atoms with van der Waals surface area (Å²) in [5.74, 6) is 0. The molecule has 0 amide bonds. The fourth-order valence-electron chi connectivity index (χ4n) is 2.71. The molecule has 2 heterocycles. The van der Waals surface area contributed by atoms with E-state index in [2.05, 4.69) is 9.88 Å². The summed E-state index contributed by atoms with van der Waals surface area (Å²) in [5.41, 5.74) is 2.85. The molecule has 3 rings (SSSR count). The van der Waals surface area contributed by atoms with Crippen LogP contribution in [0.5, 0.6) is 0 Å². The number of anilines is 1. The van der Waals surface area contributed by atoms with Crippen molar-refractivity contribution in [1.29, 1.82) is 0 Å². The molecule has 0 N–H and O–H groups in total. The summed E-state index contributed by atoms with van der Waals surface area (Å²) >= 11 is 1.47. The van der Waals surface area contributed by atoms with Crippen molar-refractivity contribution >= 4 is 17.0 Å². The Morgan fingerprint density at radius 1 is 1.17 bits per heavy atom. The molecule has 0 saturated heterocycles. The Morgan fingerprint density at radius 2 is 1.83 bits per heavy atom. The van der Waals surface area contributed by atoms with Gasteiger partial charge in [-0.2, -0.15) is 0 Å². The molecule has 1 aromatic carbocycles. The van der Waals surface area contributed by atoms with Crippen molar-refractivity contribution in [3.05, 3.63) is 34.5 Å². The zero-order valence-electron chi connectivity index (χ0n) is 15.5. The van der Waals surface area contributed by atoms with Crippen molar-refractivity contribution in [2.24, 2.45) is 0 Å². The number of aryl methyl sites for hydroxylation is 2. The summed E-state index contributed by atoms with van der Waals surface area (Å²) in [6, 6.07) is 3.59. The second kappa shape index (κ2) is 9.72. The van der Waals surface area contributed by atoms with Gasteiger partial charge in [0.15, 0.2) is 0 Å². The van der Waals surface area contributed by atoms with Gasteiger partial charge in [-0.3, -0.25) is 0 Å². The summed E-state index contributed by atoms with van der Waals surface area (Å²) in [7, 11) is 1.96. The number of thiazole rings is 1. The third-order valence-corrected chi connectivity index (χ3v) is 4.67. The number of nitrogens with zero attached hydrogens (tertiary/aromatic N) is 2. The molecule has 0 saturated carbocycles. The van der Waals surface area contributed by atoms with E-state index in [0.717, 1.165) is 40.5 Å². The number of fused-ring (bicyclic) bond motifs is 1. The molecule has 0 spiro atoms. The Balaban J connectivity index is 0.000000671. The first-order valence-corrected chi connectivity index (χ1v) is 9.47. The lowest BCUT2D eigenvalue weighted by molar-refractivity contribution is 0.152. The quantitative estimate of drug-likeness (QED) is 0.612. The lowest BCUT2D eigenvalue weighted by Crippen LogP contribution is -2.24. The number of benzene rings is 1. The highest BCUT2D eigenvalue weighted by Gasteiger charge is 2.22. The van der Waals surface area contributed by atoms with E-state index >= 15 is 0 Å². The van der Waals surface area contributed by atoms with Gasteiger partial charge in [-0.15, -0.1) is 11.3 Å². The van der Waals surface area contributed by atoms with Crippen LogP contribution in [0.25, 0.3) is 10.4 Å². The molecule has 1 aliphatic rings. The van der Waals surface area contributed by atoms with Crippen molar-refractivity contribution in [3.63, 3.8) is 0 Å². The smallest absolute Gasteiger partial charge is 0.264 e. The van der Waals surface area contributed by atoms with E-state index in [1.54, 1.807) is 12.3 Å². The topological polar surface area (TPSA) is 16.1 Å². The highest BCUT2D eigenvalue weighted by molar-refractivity contribution is 7.15. The van der Waals surface area contributed by atoms with Crippen LogP contribution in [0, 0.1) is 6.92 Å². The predicted molar refractivity (Wildman–Crippen MR) is 102 cm³/mol. The Kier molecular flexibility index (Phi) is 8.32. The monoisotopic (exact) mass is 354 g/mol. The first-order chi connectivity index (χ1) is 11.6. The predicted octanol–water partition coefficient (Wildman–Crippen LogP) is 6.49. The van der Waals surface area contributed by atoms with Gasteiger partial charge in [0.25, 0.3) is 6.43 Å². The SMILES string of the molecule is CC.CC.Cc1ncc(-c2cc3c(cc2C(F)F)N(C)CCC3)s1. The van der Waals surface area contributed by atoms with Crippen LogP contribution >= 0.6 is 11.3 Å². The van der Waals surface area contributed by atoms with Gasteiger partial charge in [0, 0.05) is 36.6 Å². The van der Waals surface area contributed by atoms with E-state index in [4.69, 9.17) is 0 Å². The van der Waals surface area contributed by atoms with Crippen molar-refractivity contribution in [1.82, 2.24) is 4.98 Å². The number of aromatic nitrogens is 1. The van der Waals surface area contributed by atoms with Crippen LogP contribution < -0.4 is 4.90 Å². The molecular weight excluding hydrogens is 326 g/mol. The maximum atomic E-state index is 13.4. The average molecular weight is 355 g/mol. The third-order valence-electron chi connectivity index (χ3n) is 3.72. The van der Waals surface area contributed by atoms with Gasteiger partial charge >= 0.3 is 0 Å². The van der Waals surface area contributed by atoms with E-state index in [0.29, 0.717) is 5.56 Å². The number of alkyl halides is 2. The standard InChI is InChI=1S/C15H16F2N2S.2C2H6/c1-9-18-8-14(20-9)11-6-10-4-3-5-19(2)13(10)7-12(11)15(16)17;2*1-2/h6-8,15H,3-5H2,1-2H3;2*1-2H3. The third kappa shape index (κ3) is 4.53. The first kappa shape index (κ1) is 20.6. The van der Waals surface area contributed by atoms with Crippen LogP contribution in [0.2, 0.25) is 0 Å². The second-order valence-electron chi connectivity index (χ2n) is 5.14. The van der Waals surface area contributed by atoms with Crippen molar-refractivity contribution in [2.45, 2.75) is 53.9 Å². The summed E-state index contributed by atoms with van der Waals surface area (Å²) in [6.07, 6.45) is 1.25. The molecule has 0 atom stereocenters. The fourth-order valence-corrected chi connectivity index (χ4v) is 3.53. The lowest BCUT2D eigenvalue weighted by atomic mass is 9.95. The number of halogens is 2. The minimum atomic E-state index is -2.46. The Bertz CT molecular complexity index is 638. The zero-order chi connectivity index (χ0) is 18.3. The van der Waals surface area contributed by atoms with Crippen LogP contribution in [-0.2, 0) is 6.42 Å². The summed E-state index contributed by atoms with van der Waals surface area (Å²) in [5, 5.41) is 0.898. The number of hydrogen-bond donors (Lipinski definition) is 0. The van der Waals surface area contributed by atoms with E-state index in [-0.39, 0.29) is 5.56 Å². The molecule has 0 bridgehead atoms. The minimum Gasteiger partial charge on any atom is -0.374 e. The lowest BCUT2D eigenvalue weighted by Gasteiger charge is -2.29. The van der Waals surface area contributed by atoms with Crippen LogP contribution in [-0.4, -0.2) is 18.6 Å². The second-order valence-corrected chi connectivity index (χ2v) is 6.37. The molecule has 1 aliphatic heterocycles. The molecular formula is C19H28F2N2S. The molecule has 0 unspecified atom stereocenters. The van der Waals surface area contributed by atoms with E-state index in [1.165, 1.54) is 11.3 Å². The molecule has 5 heteroatoms. The molecule has 0 radical (unpaired) electrons. The number of hydrogen-bond acceptors (Lipinski definition) is 3. The van der Waals surface area contributed by atoms with Crippen LogP contribution in [0.1, 0.15) is 56.7 Å². The highest BCUT2D eigenvalue weighted by Crippen LogP contribution is 2.40. The Hall–Kier alpha value is -1.49. The van der Waals surface area contributed by atoms with Gasteiger partial charge in [-0.05, 0) is 37.5 Å². The first-order valence-electron chi connectivity index (χ1n) is 8.65. The molecule has 2 aromatic rings. The van der Waals surface area contributed by atoms with E-state index in [1.807, 2.05) is 47.7 Å². The van der Waals surface area contributed by atoms with Gasteiger partial charge in [0.2, 0.25) is 0 Å². The Labute approximate surface area is 148 Å². The van der Waals surface area contributed by atoms with Crippen LogP contribution in [0.3, 0.4) is 0 Å². The highest BCUT2D eigenvalue weighted by atomic mass is 32.1. The number of rotatable bonds is 2. The van der Waals surface area contributed by atoms with Crippen LogP contribution in [0.15, 0.2) is 18.3 Å². The molecule has 1 aromatic heterocycles.